The van der Waals surface area contributed by atoms with E-state index in [1.165, 1.54) is 0 Å². The zero-order valence-corrected chi connectivity index (χ0v) is 11.8. The molecule has 19 heavy (non-hydrogen) atoms. The van der Waals surface area contributed by atoms with E-state index in [1.807, 2.05) is 37.9 Å². The van der Waals surface area contributed by atoms with Gasteiger partial charge in [-0.2, -0.15) is 0 Å². The van der Waals surface area contributed by atoms with Crippen molar-refractivity contribution in [1.29, 1.82) is 0 Å². The number of hydrogen-bond acceptors (Lipinski definition) is 4. The highest BCUT2D eigenvalue weighted by Crippen LogP contribution is 2.17. The first-order valence-electron chi connectivity index (χ1n) is 6.33. The van der Waals surface area contributed by atoms with Gasteiger partial charge < -0.3 is 16.2 Å². The summed E-state index contributed by atoms with van der Waals surface area (Å²) < 4.78 is 0. The van der Waals surface area contributed by atoms with Crippen molar-refractivity contribution in [3.05, 3.63) is 24.3 Å². The number of nitrogens with zero attached hydrogens (tertiary/aromatic N) is 1. The van der Waals surface area contributed by atoms with Crippen LogP contribution < -0.4 is 11.1 Å². The molecule has 0 aliphatic heterocycles. The molecular weight excluding hydrogens is 242 g/mol. The smallest absolute Gasteiger partial charge is 0.225 e. The number of nitrogens with two attached hydrogens (primary N) is 1. The number of rotatable bonds is 6. The maximum atomic E-state index is 11.8. The standard InChI is InChI=1S/C14H23N3O2/c1-14(2,10-18)17(3)9-8-13(19)16-12-7-5-4-6-11(12)15/h4-7,18H,8-10,15H2,1-3H3,(H,16,19). The Bertz CT molecular complexity index is 432. The second-order valence-corrected chi connectivity index (χ2v) is 5.28. The summed E-state index contributed by atoms with van der Waals surface area (Å²) in [4.78, 5) is 13.8. The van der Waals surface area contributed by atoms with Crippen LogP contribution in [0.1, 0.15) is 20.3 Å². The first-order valence-corrected chi connectivity index (χ1v) is 6.33. The van der Waals surface area contributed by atoms with E-state index in [4.69, 9.17) is 5.73 Å². The van der Waals surface area contributed by atoms with Crippen molar-refractivity contribution < 1.29 is 9.90 Å². The van der Waals surface area contributed by atoms with Gasteiger partial charge in [0.25, 0.3) is 0 Å². The highest BCUT2D eigenvalue weighted by atomic mass is 16.3. The average Bonchev–Trinajstić information content (AvgIpc) is 2.38. The number of nitrogen functional groups attached to an aromatic ring is 1. The molecule has 0 fully saturated rings. The molecule has 0 spiro atoms. The van der Waals surface area contributed by atoms with Crippen LogP contribution in [0.2, 0.25) is 0 Å². The predicted molar refractivity (Wildman–Crippen MR) is 77.9 cm³/mol. The lowest BCUT2D eigenvalue weighted by molar-refractivity contribution is -0.116. The van der Waals surface area contributed by atoms with E-state index in [2.05, 4.69) is 5.32 Å². The minimum Gasteiger partial charge on any atom is -0.397 e. The average molecular weight is 265 g/mol. The Morgan fingerprint density at radius 3 is 2.63 bits per heavy atom. The normalized spacial score (nSPS) is 11.6. The van der Waals surface area contributed by atoms with Crippen molar-refractivity contribution in [3.8, 4) is 0 Å². The maximum absolute atomic E-state index is 11.8. The summed E-state index contributed by atoms with van der Waals surface area (Å²) in [6, 6.07) is 7.17. The lowest BCUT2D eigenvalue weighted by Crippen LogP contribution is -2.45. The number of amides is 1. The third-order valence-corrected chi connectivity index (χ3v) is 3.33. The topological polar surface area (TPSA) is 78.6 Å². The van der Waals surface area contributed by atoms with Crippen molar-refractivity contribution in [3.63, 3.8) is 0 Å². The summed E-state index contributed by atoms with van der Waals surface area (Å²) >= 11 is 0. The number of hydrogen-bond donors (Lipinski definition) is 3. The molecule has 0 atom stereocenters. The fraction of sp³-hybridized carbons (Fsp3) is 0.500. The van der Waals surface area contributed by atoms with Gasteiger partial charge >= 0.3 is 0 Å². The summed E-state index contributed by atoms with van der Waals surface area (Å²) in [7, 11) is 1.89. The number of carbonyl (C=O) groups is 1. The Morgan fingerprint density at radius 1 is 1.42 bits per heavy atom. The van der Waals surface area contributed by atoms with Gasteiger partial charge in [-0.1, -0.05) is 12.1 Å². The van der Waals surface area contributed by atoms with Crippen molar-refractivity contribution in [1.82, 2.24) is 4.90 Å². The molecule has 4 N–H and O–H groups in total. The monoisotopic (exact) mass is 265 g/mol. The number of nitrogens with one attached hydrogen (secondary N) is 1. The van der Waals surface area contributed by atoms with Crippen molar-refractivity contribution >= 4 is 17.3 Å². The molecule has 1 rings (SSSR count). The van der Waals surface area contributed by atoms with Crippen LogP contribution in [0.15, 0.2) is 24.3 Å². The summed E-state index contributed by atoms with van der Waals surface area (Å²) in [5.74, 6) is -0.0847. The quantitative estimate of drug-likeness (QED) is 0.677. The fourth-order valence-electron chi connectivity index (χ4n) is 1.52. The fourth-order valence-corrected chi connectivity index (χ4v) is 1.52. The van der Waals surface area contributed by atoms with Gasteiger partial charge in [0.15, 0.2) is 0 Å². The molecule has 0 saturated carbocycles. The summed E-state index contributed by atoms with van der Waals surface area (Å²) in [5, 5.41) is 12.0. The zero-order chi connectivity index (χ0) is 14.5. The van der Waals surface area contributed by atoms with E-state index in [9.17, 15) is 9.90 Å². The van der Waals surface area contributed by atoms with E-state index in [0.717, 1.165) is 0 Å². The molecule has 0 aliphatic carbocycles. The number of likely N-dealkylation sites (N-methyl/N-ethyl adjacent to an activating group) is 1. The number of para-hydroxylation sites is 2. The summed E-state index contributed by atoms with van der Waals surface area (Å²) in [5.41, 5.74) is 6.62. The Balaban J connectivity index is 2.47. The van der Waals surface area contributed by atoms with Crippen LogP contribution in [0.4, 0.5) is 11.4 Å². The molecule has 0 aromatic heterocycles. The van der Waals surface area contributed by atoms with Gasteiger partial charge in [-0.05, 0) is 33.0 Å². The van der Waals surface area contributed by atoms with Crippen molar-refractivity contribution in [2.45, 2.75) is 25.8 Å². The van der Waals surface area contributed by atoms with Crippen LogP contribution in [0, 0.1) is 0 Å². The molecule has 1 amide bonds. The third-order valence-electron chi connectivity index (χ3n) is 3.33. The van der Waals surface area contributed by atoms with E-state index in [0.29, 0.717) is 24.3 Å². The molecule has 0 aliphatic rings. The minimum atomic E-state index is -0.327. The molecule has 0 radical (unpaired) electrons. The SMILES string of the molecule is CN(CCC(=O)Nc1ccccc1N)C(C)(C)CO. The van der Waals surface area contributed by atoms with Crippen LogP contribution in [0.25, 0.3) is 0 Å². The lowest BCUT2D eigenvalue weighted by atomic mass is 10.1. The second-order valence-electron chi connectivity index (χ2n) is 5.28. The lowest BCUT2D eigenvalue weighted by Gasteiger charge is -2.33. The largest absolute Gasteiger partial charge is 0.397 e. The molecule has 0 unspecified atom stereocenters. The number of aliphatic hydroxyl groups excluding tert-OH is 1. The van der Waals surface area contributed by atoms with Gasteiger partial charge in [-0.25, -0.2) is 0 Å². The van der Waals surface area contributed by atoms with Crippen LogP contribution in [0.5, 0.6) is 0 Å². The Hall–Kier alpha value is -1.59. The van der Waals surface area contributed by atoms with Crippen LogP contribution in [-0.2, 0) is 4.79 Å². The summed E-state index contributed by atoms with van der Waals surface area (Å²) in [6.07, 6.45) is 0.355. The molecule has 106 valence electrons. The molecule has 0 saturated heterocycles. The maximum Gasteiger partial charge on any atom is 0.225 e. The molecule has 1 aromatic rings. The summed E-state index contributed by atoms with van der Waals surface area (Å²) in [6.45, 7) is 4.49. The molecule has 5 heteroatoms. The van der Waals surface area contributed by atoms with Gasteiger partial charge in [-0.15, -0.1) is 0 Å². The molecule has 5 nitrogen and oxygen atoms in total. The number of aliphatic hydroxyl groups is 1. The van der Waals surface area contributed by atoms with Crippen molar-refractivity contribution in [2.75, 3.05) is 31.2 Å². The predicted octanol–water partition coefficient (Wildman–Crippen LogP) is 1.30. The molecule has 1 aromatic carbocycles. The molecular formula is C14H23N3O2. The number of benzene rings is 1. The third kappa shape index (κ3) is 4.54. The first-order chi connectivity index (χ1) is 8.86. The van der Waals surface area contributed by atoms with Gasteiger partial charge in [0.05, 0.1) is 18.0 Å². The second kappa shape index (κ2) is 6.54. The first kappa shape index (κ1) is 15.5. The van der Waals surface area contributed by atoms with Crippen molar-refractivity contribution in [2.24, 2.45) is 0 Å². The van der Waals surface area contributed by atoms with E-state index in [1.54, 1.807) is 12.1 Å². The van der Waals surface area contributed by atoms with Crippen LogP contribution in [0.3, 0.4) is 0 Å². The van der Waals surface area contributed by atoms with Gasteiger partial charge in [0.1, 0.15) is 0 Å². The van der Waals surface area contributed by atoms with Crippen LogP contribution in [-0.4, -0.2) is 41.7 Å². The van der Waals surface area contributed by atoms with E-state index >= 15 is 0 Å². The van der Waals surface area contributed by atoms with Gasteiger partial charge in [0, 0.05) is 18.5 Å². The molecule has 0 heterocycles. The van der Waals surface area contributed by atoms with E-state index in [-0.39, 0.29) is 18.1 Å². The minimum absolute atomic E-state index is 0.0523. The Kier molecular flexibility index (Phi) is 5.32. The molecule has 0 bridgehead atoms. The highest BCUT2D eigenvalue weighted by Gasteiger charge is 2.22. The Labute approximate surface area is 114 Å². The number of anilines is 2. The van der Waals surface area contributed by atoms with E-state index < -0.39 is 0 Å². The zero-order valence-electron chi connectivity index (χ0n) is 11.8. The van der Waals surface area contributed by atoms with Gasteiger partial charge in [0.2, 0.25) is 5.91 Å². The number of carbonyl (C=O) groups excluding carboxylic acids is 1. The Morgan fingerprint density at radius 2 is 2.05 bits per heavy atom. The highest BCUT2D eigenvalue weighted by molar-refractivity contribution is 5.93. The van der Waals surface area contributed by atoms with Crippen LogP contribution >= 0.6 is 0 Å². The van der Waals surface area contributed by atoms with Gasteiger partial charge in [-0.3, -0.25) is 9.69 Å².